The van der Waals surface area contributed by atoms with E-state index >= 15 is 0 Å². The first-order valence-electron chi connectivity index (χ1n) is 7.96. The molecule has 2 rings (SSSR count). The van der Waals surface area contributed by atoms with Crippen molar-refractivity contribution in [2.75, 3.05) is 40.0 Å². The van der Waals surface area contributed by atoms with Gasteiger partial charge in [0.2, 0.25) is 0 Å². The van der Waals surface area contributed by atoms with E-state index in [1.54, 1.807) is 12.1 Å². The molecule has 1 fully saturated rings. The minimum absolute atomic E-state index is 0.277. The second-order valence-electron chi connectivity index (χ2n) is 5.83. The first-order chi connectivity index (χ1) is 11.6. The maximum absolute atomic E-state index is 13.2. The molecule has 0 saturated carbocycles. The molecule has 6 nitrogen and oxygen atoms in total. The molecule has 2 amide bonds. The van der Waals surface area contributed by atoms with Gasteiger partial charge < -0.3 is 20.1 Å². The third-order valence-corrected chi connectivity index (χ3v) is 4.29. The zero-order valence-corrected chi connectivity index (χ0v) is 13.8. The first-order valence-corrected chi connectivity index (χ1v) is 7.96. The van der Waals surface area contributed by atoms with Gasteiger partial charge in [-0.05, 0) is 30.5 Å². The van der Waals surface area contributed by atoms with E-state index in [-0.39, 0.29) is 17.8 Å². The van der Waals surface area contributed by atoms with Crippen molar-refractivity contribution in [1.29, 1.82) is 0 Å². The highest BCUT2D eigenvalue weighted by molar-refractivity contribution is 6.35. The third-order valence-electron chi connectivity index (χ3n) is 4.29. The number of carbonyl (C=O) groups excluding carboxylic acids is 2. The van der Waals surface area contributed by atoms with Gasteiger partial charge >= 0.3 is 11.8 Å². The Bertz CT molecular complexity index is 556. The summed E-state index contributed by atoms with van der Waals surface area (Å²) in [5.41, 5.74) is 0.585. The van der Waals surface area contributed by atoms with Gasteiger partial charge in [-0.2, -0.15) is 0 Å². The third kappa shape index (κ3) is 4.75. The van der Waals surface area contributed by atoms with Gasteiger partial charge in [0, 0.05) is 38.8 Å². The summed E-state index contributed by atoms with van der Waals surface area (Å²) in [4.78, 5) is 23.7. The van der Waals surface area contributed by atoms with Crippen LogP contribution in [0.15, 0.2) is 24.3 Å². The van der Waals surface area contributed by atoms with Crippen LogP contribution < -0.4 is 10.6 Å². The number of carbonyl (C=O) groups is 2. The summed E-state index contributed by atoms with van der Waals surface area (Å²) >= 11 is 0. The van der Waals surface area contributed by atoms with Crippen molar-refractivity contribution in [3.63, 3.8) is 0 Å². The maximum atomic E-state index is 13.2. The van der Waals surface area contributed by atoms with Crippen LogP contribution in [0.3, 0.4) is 0 Å². The lowest BCUT2D eigenvalue weighted by atomic mass is 9.74. The average molecular weight is 338 g/mol. The fraction of sp³-hybridized carbons (Fsp3) is 0.529. The number of hydrogen-bond acceptors (Lipinski definition) is 4. The van der Waals surface area contributed by atoms with Crippen molar-refractivity contribution in [3.05, 3.63) is 35.6 Å². The lowest BCUT2D eigenvalue weighted by Crippen LogP contribution is -2.48. The van der Waals surface area contributed by atoms with E-state index in [4.69, 9.17) is 9.47 Å². The normalized spacial score (nSPS) is 16.4. The maximum Gasteiger partial charge on any atom is 0.309 e. The lowest BCUT2D eigenvalue weighted by molar-refractivity contribution is -0.139. The van der Waals surface area contributed by atoms with E-state index in [1.165, 1.54) is 19.2 Å². The van der Waals surface area contributed by atoms with Crippen LogP contribution in [0.4, 0.5) is 4.39 Å². The predicted octanol–water partition coefficient (Wildman–Crippen LogP) is 0.753. The van der Waals surface area contributed by atoms with Gasteiger partial charge in [-0.1, -0.05) is 12.1 Å². The molecule has 1 aromatic rings. The summed E-state index contributed by atoms with van der Waals surface area (Å²) in [6.07, 6.45) is 1.40. The van der Waals surface area contributed by atoms with Gasteiger partial charge in [-0.15, -0.1) is 0 Å². The van der Waals surface area contributed by atoms with Gasteiger partial charge in [0.15, 0.2) is 0 Å². The van der Waals surface area contributed by atoms with E-state index in [0.29, 0.717) is 39.2 Å². The summed E-state index contributed by atoms with van der Waals surface area (Å²) in [6, 6.07) is 6.27. The second kappa shape index (κ2) is 8.75. The Labute approximate surface area is 140 Å². The van der Waals surface area contributed by atoms with Gasteiger partial charge in [0.1, 0.15) is 5.82 Å². The van der Waals surface area contributed by atoms with Gasteiger partial charge in [-0.25, -0.2) is 4.39 Å². The molecule has 0 radical (unpaired) electrons. The first kappa shape index (κ1) is 18.4. The molecule has 0 spiro atoms. The average Bonchev–Trinajstić information content (AvgIpc) is 2.61. The lowest BCUT2D eigenvalue weighted by Gasteiger charge is -2.37. The van der Waals surface area contributed by atoms with E-state index in [9.17, 15) is 14.0 Å². The molecule has 132 valence electrons. The molecule has 1 heterocycles. The van der Waals surface area contributed by atoms with Crippen LogP contribution in [0.25, 0.3) is 0 Å². The van der Waals surface area contributed by atoms with E-state index in [0.717, 1.165) is 5.56 Å². The molecule has 0 aromatic heterocycles. The van der Waals surface area contributed by atoms with Crippen LogP contribution in [-0.4, -0.2) is 51.8 Å². The minimum Gasteiger partial charge on any atom is -0.383 e. The fourth-order valence-electron chi connectivity index (χ4n) is 2.81. The van der Waals surface area contributed by atoms with Crippen molar-refractivity contribution in [2.45, 2.75) is 18.3 Å². The second-order valence-corrected chi connectivity index (χ2v) is 5.83. The Kier molecular flexibility index (Phi) is 6.69. The van der Waals surface area contributed by atoms with Gasteiger partial charge in [0.25, 0.3) is 0 Å². The van der Waals surface area contributed by atoms with Crippen molar-refractivity contribution in [1.82, 2.24) is 10.6 Å². The zero-order chi connectivity index (χ0) is 17.4. The Hall–Kier alpha value is -1.99. The molecule has 0 aliphatic carbocycles. The van der Waals surface area contributed by atoms with E-state index in [2.05, 4.69) is 10.6 Å². The molecule has 1 aliphatic rings. The van der Waals surface area contributed by atoms with E-state index in [1.807, 2.05) is 0 Å². The number of nitrogens with one attached hydrogen (secondary N) is 2. The predicted molar refractivity (Wildman–Crippen MR) is 86.0 cm³/mol. The summed E-state index contributed by atoms with van der Waals surface area (Å²) in [6.45, 7) is 2.05. The van der Waals surface area contributed by atoms with Gasteiger partial charge in [-0.3, -0.25) is 9.59 Å². The van der Waals surface area contributed by atoms with Crippen molar-refractivity contribution >= 4 is 11.8 Å². The van der Waals surface area contributed by atoms with E-state index < -0.39 is 11.8 Å². The molecule has 0 bridgehead atoms. The number of ether oxygens (including phenoxy) is 2. The highest BCUT2D eigenvalue weighted by atomic mass is 19.1. The van der Waals surface area contributed by atoms with Gasteiger partial charge in [0.05, 0.1) is 6.61 Å². The molecular weight excluding hydrogens is 315 g/mol. The van der Waals surface area contributed by atoms with Crippen molar-refractivity contribution in [3.8, 4) is 0 Å². The number of halogens is 1. The molecule has 1 aliphatic heterocycles. The monoisotopic (exact) mass is 338 g/mol. The largest absolute Gasteiger partial charge is 0.383 e. The topological polar surface area (TPSA) is 76.7 Å². The highest BCUT2D eigenvalue weighted by Crippen LogP contribution is 2.34. The molecular formula is C17H23FN2O4. The quantitative estimate of drug-likeness (QED) is 0.593. The molecule has 1 aromatic carbocycles. The summed E-state index contributed by atoms with van der Waals surface area (Å²) in [5, 5.41) is 5.17. The minimum atomic E-state index is -0.687. The van der Waals surface area contributed by atoms with Crippen LogP contribution in [0.2, 0.25) is 0 Å². The Morgan fingerprint density at radius 1 is 1.17 bits per heavy atom. The number of hydrogen-bond donors (Lipinski definition) is 2. The van der Waals surface area contributed by atoms with Crippen LogP contribution in [0.1, 0.15) is 18.4 Å². The summed E-state index contributed by atoms with van der Waals surface area (Å²) in [7, 11) is 1.52. The molecule has 7 heteroatoms. The number of rotatable bonds is 6. The van der Waals surface area contributed by atoms with Crippen LogP contribution >= 0.6 is 0 Å². The Morgan fingerprint density at radius 2 is 1.79 bits per heavy atom. The smallest absolute Gasteiger partial charge is 0.309 e. The molecule has 24 heavy (non-hydrogen) atoms. The Balaban J connectivity index is 2.00. The highest BCUT2D eigenvalue weighted by Gasteiger charge is 2.35. The fourth-order valence-corrected chi connectivity index (χ4v) is 2.81. The SMILES string of the molecule is COCCNC(=O)C(=O)NCC1(c2ccc(F)cc2)CCOCC1. The van der Waals surface area contributed by atoms with Crippen LogP contribution in [-0.2, 0) is 24.5 Å². The standard InChI is InChI=1S/C17H23FN2O4/c1-23-11-8-19-15(21)16(22)20-12-17(6-9-24-10-7-17)13-2-4-14(18)5-3-13/h2-5H,6-12H2,1H3,(H,19,21)(H,20,22). The molecule has 0 unspecified atom stereocenters. The molecule has 1 saturated heterocycles. The van der Waals surface area contributed by atoms with Crippen LogP contribution in [0.5, 0.6) is 0 Å². The van der Waals surface area contributed by atoms with Crippen molar-refractivity contribution in [2.24, 2.45) is 0 Å². The zero-order valence-electron chi connectivity index (χ0n) is 13.8. The summed E-state index contributed by atoms with van der Waals surface area (Å²) in [5.74, 6) is -1.67. The number of methoxy groups -OCH3 is 1. The molecule has 0 atom stereocenters. The van der Waals surface area contributed by atoms with Crippen molar-refractivity contribution < 1.29 is 23.5 Å². The number of benzene rings is 1. The molecule has 2 N–H and O–H groups in total. The number of amides is 2. The van der Waals surface area contributed by atoms with Crippen LogP contribution in [0, 0.1) is 5.82 Å². The Morgan fingerprint density at radius 3 is 2.42 bits per heavy atom. The summed E-state index contributed by atoms with van der Waals surface area (Å²) < 4.78 is 23.4.